The van der Waals surface area contributed by atoms with E-state index >= 15 is 0 Å². The number of carbonyl (C=O) groups excluding carboxylic acids is 4. The number of nitrogens with one attached hydrogen (secondary N) is 1. The van der Waals surface area contributed by atoms with Crippen LogP contribution < -0.4 is 15.0 Å². The number of aliphatic hydroxyl groups is 1. The molecule has 16 heteroatoms. The summed E-state index contributed by atoms with van der Waals surface area (Å²) in [6.45, 7) is 7.00. The van der Waals surface area contributed by atoms with Gasteiger partial charge in [-0.3, -0.25) is 14.9 Å². The van der Waals surface area contributed by atoms with E-state index in [9.17, 15) is 24.3 Å². The number of methoxy groups -OCH3 is 2. The topological polar surface area (TPSA) is 156 Å². The van der Waals surface area contributed by atoms with Crippen molar-refractivity contribution in [1.29, 1.82) is 0 Å². The van der Waals surface area contributed by atoms with Crippen molar-refractivity contribution in [2.75, 3.05) is 45.2 Å². The van der Waals surface area contributed by atoms with Gasteiger partial charge in [-0.15, -0.1) is 0 Å². The minimum atomic E-state index is -1.82. The van der Waals surface area contributed by atoms with E-state index in [1.807, 2.05) is 19.3 Å². The van der Waals surface area contributed by atoms with Crippen LogP contribution in [0.2, 0.25) is 5.02 Å². The molecule has 4 rings (SSSR count). The summed E-state index contributed by atoms with van der Waals surface area (Å²) in [6, 6.07) is 2.62. The van der Waals surface area contributed by atoms with Crippen LogP contribution in [0.25, 0.3) is 0 Å². The number of benzene rings is 1. The summed E-state index contributed by atoms with van der Waals surface area (Å²) in [5, 5.41) is 14.4. The maximum Gasteiger partial charge on any atom is 0.409 e. The van der Waals surface area contributed by atoms with Crippen molar-refractivity contribution in [3.8, 4) is 5.75 Å². The number of amides is 3. The molecule has 4 bridgehead atoms. The fourth-order valence-electron chi connectivity index (χ4n) is 6.43. The summed E-state index contributed by atoms with van der Waals surface area (Å²) in [5.74, 6) is -1.38. The van der Waals surface area contributed by atoms with E-state index in [-0.39, 0.29) is 29.5 Å². The van der Waals surface area contributed by atoms with Crippen LogP contribution in [0, 0.1) is 5.92 Å². The first-order chi connectivity index (χ1) is 24.0. The van der Waals surface area contributed by atoms with Crippen LogP contribution in [0.1, 0.15) is 46.1 Å². The van der Waals surface area contributed by atoms with Crippen molar-refractivity contribution in [2.45, 2.75) is 88.7 Å². The molecule has 2 saturated heterocycles. The fraction of sp³-hybridized carbons (Fsp3) is 0.600. The number of epoxide rings is 1. The first-order valence-electron chi connectivity index (χ1n) is 16.5. The lowest BCUT2D eigenvalue weighted by Gasteiger charge is -2.42. The molecule has 8 atom stereocenters. The summed E-state index contributed by atoms with van der Waals surface area (Å²) in [7, 11) is 8.82. The molecule has 3 amide bonds. The highest BCUT2D eigenvalue weighted by Crippen LogP contribution is 2.49. The Morgan fingerprint density at radius 2 is 1.98 bits per heavy atom. The zero-order valence-electron chi connectivity index (χ0n) is 30.4. The zero-order chi connectivity index (χ0) is 37.8. The Kier molecular flexibility index (Phi) is 13.5. The van der Waals surface area contributed by atoms with Crippen molar-refractivity contribution >= 4 is 62.8 Å². The van der Waals surface area contributed by atoms with Crippen LogP contribution in [0.15, 0.2) is 35.9 Å². The molecule has 0 aliphatic carbocycles. The summed E-state index contributed by atoms with van der Waals surface area (Å²) in [5.41, 5.74) is -0.888. The normalized spacial score (nSPS) is 31.9. The number of allylic oxidation sites excluding steroid dienone is 3. The summed E-state index contributed by atoms with van der Waals surface area (Å²) in [6.07, 6.45) is 2.85. The van der Waals surface area contributed by atoms with Gasteiger partial charge in [-0.2, -0.15) is 0 Å². The van der Waals surface area contributed by atoms with E-state index in [0.717, 1.165) is 11.1 Å². The first-order valence-corrected chi connectivity index (χ1v) is 19.6. The van der Waals surface area contributed by atoms with Crippen molar-refractivity contribution in [2.24, 2.45) is 5.92 Å². The van der Waals surface area contributed by atoms with Crippen LogP contribution in [0.4, 0.5) is 10.5 Å². The third-order valence-corrected chi connectivity index (χ3v) is 11.9. The summed E-state index contributed by atoms with van der Waals surface area (Å²) >= 11 is 6.74. The Labute approximate surface area is 312 Å². The molecule has 3 heterocycles. The fourth-order valence-corrected chi connectivity index (χ4v) is 7.82. The number of likely N-dealkylation sites (N-methyl/N-ethyl adjacent to an activating group) is 1. The van der Waals surface area contributed by atoms with Gasteiger partial charge in [0.1, 0.15) is 40.7 Å². The van der Waals surface area contributed by atoms with Crippen LogP contribution in [-0.4, -0.2) is 116 Å². The Morgan fingerprint density at radius 1 is 1.27 bits per heavy atom. The first kappa shape index (κ1) is 40.8. The molecule has 1 aromatic carbocycles. The SMILES string of the molecule is COc1cc2cc(c1Cl)N(C)C(=O)C[C@H](OC(=O)[C@H](C)N(C)C(=O)CSSC)[C@]1(C)O[C@H]1[C@H](C)[C@@H]1C[C@@](O)(NC(=O)O1)[C@H](OC)/C=C/C=C(\C)C2. The molecule has 0 saturated carbocycles. The summed E-state index contributed by atoms with van der Waals surface area (Å²) in [4.78, 5) is 55.9. The van der Waals surface area contributed by atoms with Crippen molar-refractivity contribution in [1.82, 2.24) is 10.2 Å². The Bertz CT molecular complexity index is 1560. The van der Waals surface area contributed by atoms with E-state index in [4.69, 9.17) is 35.3 Å². The number of nitrogens with zero attached hydrogens (tertiary/aromatic N) is 2. The number of alkyl carbamates (subject to hydrolysis) is 1. The Morgan fingerprint density at radius 3 is 2.63 bits per heavy atom. The average molecular weight is 770 g/mol. The van der Waals surface area contributed by atoms with Crippen molar-refractivity contribution < 1.29 is 48.0 Å². The van der Waals surface area contributed by atoms with Gasteiger partial charge in [0, 0.05) is 33.5 Å². The van der Waals surface area contributed by atoms with Gasteiger partial charge < -0.3 is 38.6 Å². The van der Waals surface area contributed by atoms with Gasteiger partial charge in [-0.1, -0.05) is 63.9 Å². The molecule has 2 N–H and O–H groups in total. The smallest absolute Gasteiger partial charge is 0.409 e. The second kappa shape index (κ2) is 16.8. The molecule has 0 aromatic heterocycles. The monoisotopic (exact) mass is 769 g/mol. The predicted octanol–water partition coefficient (Wildman–Crippen LogP) is 4.53. The number of fused-ring (bicyclic) bond motifs is 5. The molecule has 2 fully saturated rings. The van der Waals surface area contributed by atoms with Gasteiger partial charge in [-0.25, -0.2) is 9.59 Å². The highest BCUT2D eigenvalue weighted by atomic mass is 35.5. The number of ether oxygens (including phenoxy) is 5. The Balaban J connectivity index is 1.76. The van der Waals surface area contributed by atoms with E-state index in [1.54, 1.807) is 52.1 Å². The molecule has 3 aliphatic rings. The second-order valence-corrected chi connectivity index (χ2v) is 16.3. The lowest BCUT2D eigenvalue weighted by molar-refractivity contribution is -0.161. The molecule has 13 nitrogen and oxygen atoms in total. The third kappa shape index (κ3) is 9.17. The van der Waals surface area contributed by atoms with Crippen LogP contribution >= 0.6 is 33.2 Å². The highest BCUT2D eigenvalue weighted by Gasteiger charge is 2.64. The van der Waals surface area contributed by atoms with E-state index < -0.39 is 65.7 Å². The average Bonchev–Trinajstić information content (AvgIpc) is 3.79. The Hall–Kier alpha value is -2.95. The maximum absolute atomic E-state index is 14.1. The lowest BCUT2D eigenvalue weighted by atomic mass is 9.83. The van der Waals surface area contributed by atoms with Crippen LogP contribution in [0.5, 0.6) is 5.75 Å². The molecule has 3 aliphatic heterocycles. The molecule has 0 radical (unpaired) electrons. The van der Waals surface area contributed by atoms with Gasteiger partial charge in [-0.05, 0) is 51.1 Å². The minimum absolute atomic E-state index is 0.0460. The largest absolute Gasteiger partial charge is 0.495 e. The van der Waals surface area contributed by atoms with Crippen LogP contribution in [0.3, 0.4) is 0 Å². The molecule has 0 spiro atoms. The molecule has 0 unspecified atom stereocenters. The van der Waals surface area contributed by atoms with E-state index in [1.165, 1.54) is 52.7 Å². The number of anilines is 1. The van der Waals surface area contributed by atoms with Crippen molar-refractivity contribution in [3.63, 3.8) is 0 Å². The molecule has 1 aromatic rings. The van der Waals surface area contributed by atoms with Gasteiger partial charge in [0.2, 0.25) is 11.8 Å². The number of halogens is 1. The van der Waals surface area contributed by atoms with Gasteiger partial charge in [0.25, 0.3) is 0 Å². The van der Waals surface area contributed by atoms with Gasteiger partial charge in [0.05, 0.1) is 31.1 Å². The number of carbonyl (C=O) groups is 4. The molecule has 282 valence electrons. The highest BCUT2D eigenvalue weighted by molar-refractivity contribution is 8.76. The molecular weight excluding hydrogens is 722 g/mol. The number of hydrogen-bond donors (Lipinski definition) is 2. The van der Waals surface area contributed by atoms with Gasteiger partial charge >= 0.3 is 12.1 Å². The maximum atomic E-state index is 14.1. The second-order valence-electron chi connectivity index (χ2n) is 13.3. The van der Waals surface area contributed by atoms with E-state index in [2.05, 4.69) is 5.32 Å². The number of rotatable bonds is 8. The van der Waals surface area contributed by atoms with Gasteiger partial charge in [0.15, 0.2) is 5.72 Å². The summed E-state index contributed by atoms with van der Waals surface area (Å²) < 4.78 is 29.1. The molecule has 51 heavy (non-hydrogen) atoms. The lowest BCUT2D eigenvalue weighted by Crippen LogP contribution is -2.63. The standard InChI is InChI=1S/C35H48ClN3O10S2/c1-19-11-10-12-26(46-8)35(44)17-25(47-33(43)37-35)20(2)31-34(4,49-31)27(48-32(42)21(3)38(5)29(41)18-51-50-9)16-28(40)39(6)23-14-22(13-19)15-24(45-7)30(23)36/h10-12,14-15,20-21,25-27,31,44H,13,16-18H2,1-9H3,(H,37,43)/b12-10+,19-11+/t20-,21+,25+,26-,27+,31+,34+,35+/m1/s1. The van der Waals surface area contributed by atoms with Crippen LogP contribution in [-0.2, 0) is 39.8 Å². The zero-order valence-corrected chi connectivity index (χ0v) is 32.8. The number of hydrogen-bond acceptors (Lipinski definition) is 12. The van der Waals surface area contributed by atoms with E-state index in [0.29, 0.717) is 17.9 Å². The quantitative estimate of drug-likeness (QED) is 0.217. The number of esters is 1. The predicted molar refractivity (Wildman–Crippen MR) is 197 cm³/mol. The van der Waals surface area contributed by atoms with Crippen molar-refractivity contribution in [3.05, 3.63) is 46.5 Å². The molecular formula is C35H48ClN3O10S2. The minimum Gasteiger partial charge on any atom is -0.495 e. The third-order valence-electron chi connectivity index (χ3n) is 9.82.